The Morgan fingerprint density at radius 3 is 2.72 bits per heavy atom. The lowest BCUT2D eigenvalue weighted by Crippen LogP contribution is -2.36. The fraction of sp³-hybridized carbons (Fsp3) is 0.467. The third-order valence-corrected chi connectivity index (χ3v) is 2.75. The molecule has 100 valence electrons. The van der Waals surface area contributed by atoms with E-state index < -0.39 is 5.60 Å². The van der Waals surface area contributed by atoms with Crippen LogP contribution in [0.5, 0.6) is 0 Å². The van der Waals surface area contributed by atoms with Gasteiger partial charge in [0.15, 0.2) is 0 Å². The molecule has 0 radical (unpaired) electrons. The van der Waals surface area contributed by atoms with E-state index in [2.05, 4.69) is 11.9 Å². The monoisotopic (exact) mass is 249 g/mol. The lowest BCUT2D eigenvalue weighted by Gasteiger charge is -2.24. The minimum atomic E-state index is -0.845. The third kappa shape index (κ3) is 5.45. The van der Waals surface area contributed by atoms with E-state index in [1.807, 2.05) is 43.3 Å². The van der Waals surface area contributed by atoms with E-state index in [1.165, 1.54) is 0 Å². The Morgan fingerprint density at radius 1 is 1.33 bits per heavy atom. The zero-order valence-electron chi connectivity index (χ0n) is 11.1. The Hall–Kier alpha value is -1.16. The molecule has 18 heavy (non-hydrogen) atoms. The van der Waals surface area contributed by atoms with E-state index in [0.29, 0.717) is 19.8 Å². The summed E-state index contributed by atoms with van der Waals surface area (Å²) in [5.41, 5.74) is 0.0765. The molecule has 0 aliphatic carbocycles. The van der Waals surface area contributed by atoms with Crippen molar-refractivity contribution in [3.63, 3.8) is 0 Å². The lowest BCUT2D eigenvalue weighted by atomic mass is 9.96. The zero-order chi connectivity index (χ0) is 13.3. The van der Waals surface area contributed by atoms with Gasteiger partial charge in [0.05, 0.1) is 18.8 Å². The molecule has 3 heteroatoms. The molecule has 0 amide bonds. The number of hydrogen-bond acceptors (Lipinski definition) is 3. The van der Waals surface area contributed by atoms with Gasteiger partial charge in [-0.3, -0.25) is 0 Å². The standard InChI is InChI=1S/C15H23NO2/c1-3-4-11-18-12-10-16-13-15(2,17)14-8-6-5-7-9-14/h3,5-9,16-17H,1,4,10-13H2,2H3. The van der Waals surface area contributed by atoms with Gasteiger partial charge in [0.2, 0.25) is 0 Å². The summed E-state index contributed by atoms with van der Waals surface area (Å²) in [6.07, 6.45) is 2.72. The second kappa shape index (κ2) is 8.03. The Bertz CT molecular complexity index is 336. The van der Waals surface area contributed by atoms with E-state index in [-0.39, 0.29) is 0 Å². The van der Waals surface area contributed by atoms with Crippen LogP contribution in [-0.2, 0) is 10.3 Å². The van der Waals surface area contributed by atoms with Crippen molar-refractivity contribution < 1.29 is 9.84 Å². The van der Waals surface area contributed by atoms with Gasteiger partial charge < -0.3 is 15.2 Å². The van der Waals surface area contributed by atoms with Crippen LogP contribution in [0.1, 0.15) is 18.9 Å². The van der Waals surface area contributed by atoms with Crippen molar-refractivity contribution in [1.29, 1.82) is 0 Å². The van der Waals surface area contributed by atoms with Gasteiger partial charge in [-0.05, 0) is 18.9 Å². The molecular formula is C15H23NO2. The van der Waals surface area contributed by atoms with Crippen LogP contribution in [0.25, 0.3) is 0 Å². The van der Waals surface area contributed by atoms with Gasteiger partial charge in [-0.15, -0.1) is 6.58 Å². The maximum absolute atomic E-state index is 10.3. The predicted octanol–water partition coefficient (Wildman–Crippen LogP) is 2.08. The molecule has 0 bridgehead atoms. The van der Waals surface area contributed by atoms with Gasteiger partial charge in [-0.1, -0.05) is 36.4 Å². The van der Waals surface area contributed by atoms with Crippen LogP contribution in [0.2, 0.25) is 0 Å². The lowest BCUT2D eigenvalue weighted by molar-refractivity contribution is 0.0535. The maximum Gasteiger partial charge on any atom is 0.0992 e. The Morgan fingerprint density at radius 2 is 2.06 bits per heavy atom. The summed E-state index contributed by atoms with van der Waals surface area (Å²) >= 11 is 0. The highest BCUT2D eigenvalue weighted by molar-refractivity contribution is 5.21. The van der Waals surface area contributed by atoms with E-state index in [9.17, 15) is 5.11 Å². The highest BCUT2D eigenvalue weighted by atomic mass is 16.5. The highest BCUT2D eigenvalue weighted by Crippen LogP contribution is 2.18. The molecule has 1 rings (SSSR count). The number of nitrogens with one attached hydrogen (secondary N) is 1. The first kappa shape index (κ1) is 14.9. The molecule has 0 spiro atoms. The number of benzene rings is 1. The second-order valence-corrected chi connectivity index (χ2v) is 4.51. The Balaban J connectivity index is 2.20. The molecule has 0 aliphatic heterocycles. The molecule has 0 aromatic heterocycles. The molecule has 1 unspecified atom stereocenters. The second-order valence-electron chi connectivity index (χ2n) is 4.51. The fourth-order valence-electron chi connectivity index (χ4n) is 1.64. The van der Waals surface area contributed by atoms with Crippen LogP contribution in [-0.4, -0.2) is 31.4 Å². The molecule has 0 heterocycles. The summed E-state index contributed by atoms with van der Waals surface area (Å²) in [5.74, 6) is 0. The minimum Gasteiger partial charge on any atom is -0.384 e. The molecule has 0 saturated heterocycles. The van der Waals surface area contributed by atoms with Crippen molar-refractivity contribution in [1.82, 2.24) is 5.32 Å². The normalized spacial score (nSPS) is 14.1. The largest absolute Gasteiger partial charge is 0.384 e. The summed E-state index contributed by atoms with van der Waals surface area (Å²) < 4.78 is 5.38. The van der Waals surface area contributed by atoms with E-state index in [1.54, 1.807) is 0 Å². The summed E-state index contributed by atoms with van der Waals surface area (Å²) in [7, 11) is 0. The van der Waals surface area contributed by atoms with Crippen LogP contribution < -0.4 is 5.32 Å². The molecule has 1 aromatic carbocycles. The third-order valence-electron chi connectivity index (χ3n) is 2.75. The van der Waals surface area contributed by atoms with Crippen LogP contribution in [0.3, 0.4) is 0 Å². The van der Waals surface area contributed by atoms with Crippen molar-refractivity contribution >= 4 is 0 Å². The van der Waals surface area contributed by atoms with E-state index in [4.69, 9.17) is 4.74 Å². The average Bonchev–Trinajstić information content (AvgIpc) is 2.39. The first-order chi connectivity index (χ1) is 8.67. The van der Waals surface area contributed by atoms with Crippen LogP contribution in [0, 0.1) is 0 Å². The van der Waals surface area contributed by atoms with Gasteiger partial charge in [0, 0.05) is 13.1 Å². The van der Waals surface area contributed by atoms with Crippen molar-refractivity contribution in [2.24, 2.45) is 0 Å². The maximum atomic E-state index is 10.3. The number of ether oxygens (including phenoxy) is 1. The van der Waals surface area contributed by atoms with Gasteiger partial charge in [-0.25, -0.2) is 0 Å². The van der Waals surface area contributed by atoms with Crippen molar-refractivity contribution in [3.8, 4) is 0 Å². The van der Waals surface area contributed by atoms with Crippen molar-refractivity contribution in [2.75, 3.05) is 26.3 Å². The van der Waals surface area contributed by atoms with Gasteiger partial charge in [-0.2, -0.15) is 0 Å². The number of aliphatic hydroxyl groups is 1. The summed E-state index contributed by atoms with van der Waals surface area (Å²) in [6.45, 7) is 8.06. The number of hydrogen-bond donors (Lipinski definition) is 2. The summed E-state index contributed by atoms with van der Waals surface area (Å²) in [6, 6.07) is 9.68. The van der Waals surface area contributed by atoms with Gasteiger partial charge >= 0.3 is 0 Å². The molecule has 0 saturated carbocycles. The molecular weight excluding hydrogens is 226 g/mol. The zero-order valence-corrected chi connectivity index (χ0v) is 11.1. The van der Waals surface area contributed by atoms with Crippen molar-refractivity contribution in [2.45, 2.75) is 18.9 Å². The predicted molar refractivity (Wildman–Crippen MR) is 74.5 cm³/mol. The summed E-state index contributed by atoms with van der Waals surface area (Å²) in [4.78, 5) is 0. The van der Waals surface area contributed by atoms with Crippen LogP contribution in [0.15, 0.2) is 43.0 Å². The topological polar surface area (TPSA) is 41.5 Å². The first-order valence-electron chi connectivity index (χ1n) is 6.34. The van der Waals surface area contributed by atoms with E-state index in [0.717, 1.165) is 18.5 Å². The van der Waals surface area contributed by atoms with E-state index >= 15 is 0 Å². The minimum absolute atomic E-state index is 0.516. The number of rotatable bonds is 9. The molecule has 3 nitrogen and oxygen atoms in total. The Labute approximate surface area is 109 Å². The highest BCUT2D eigenvalue weighted by Gasteiger charge is 2.21. The SMILES string of the molecule is C=CCCOCCNCC(C)(O)c1ccccc1. The average molecular weight is 249 g/mol. The van der Waals surface area contributed by atoms with Gasteiger partial charge in [0.25, 0.3) is 0 Å². The smallest absolute Gasteiger partial charge is 0.0992 e. The molecule has 2 N–H and O–H groups in total. The Kier molecular flexibility index (Phi) is 6.65. The summed E-state index contributed by atoms with van der Waals surface area (Å²) in [5, 5.41) is 13.5. The molecule has 0 fully saturated rings. The first-order valence-corrected chi connectivity index (χ1v) is 6.34. The van der Waals surface area contributed by atoms with Crippen LogP contribution in [0.4, 0.5) is 0 Å². The fourth-order valence-corrected chi connectivity index (χ4v) is 1.64. The molecule has 1 aromatic rings. The molecule has 1 atom stereocenters. The van der Waals surface area contributed by atoms with Gasteiger partial charge in [0.1, 0.15) is 0 Å². The molecule has 0 aliphatic rings. The van der Waals surface area contributed by atoms with Crippen LogP contribution >= 0.6 is 0 Å². The van der Waals surface area contributed by atoms with Crippen molar-refractivity contribution in [3.05, 3.63) is 48.6 Å². The quantitative estimate of drug-likeness (QED) is 0.520.